The van der Waals surface area contributed by atoms with E-state index in [1.807, 2.05) is 0 Å². The molecule has 0 aromatic heterocycles. The number of amides is 1. The first-order chi connectivity index (χ1) is 12.8. The molecule has 0 unspecified atom stereocenters. The highest BCUT2D eigenvalue weighted by atomic mass is 19.4. The SMILES string of the molecule is O=C(NC1CCCC1)C1CCN(c2ccc(C(F)(F)F)cc2[N+](=O)[O-])CC1. The van der Waals surface area contributed by atoms with Crippen LogP contribution in [0.25, 0.3) is 0 Å². The molecule has 2 aliphatic rings. The lowest BCUT2D eigenvalue weighted by Crippen LogP contribution is -2.43. The van der Waals surface area contributed by atoms with Gasteiger partial charge in [-0.05, 0) is 37.8 Å². The average Bonchev–Trinajstić information content (AvgIpc) is 3.13. The van der Waals surface area contributed by atoms with Crippen molar-refractivity contribution in [1.29, 1.82) is 0 Å². The van der Waals surface area contributed by atoms with E-state index in [0.29, 0.717) is 32.0 Å². The zero-order chi connectivity index (χ0) is 19.6. The minimum atomic E-state index is -4.63. The van der Waals surface area contributed by atoms with Crippen molar-refractivity contribution in [3.05, 3.63) is 33.9 Å². The first-order valence-corrected chi connectivity index (χ1v) is 9.16. The molecule has 1 aromatic carbocycles. The van der Waals surface area contributed by atoms with E-state index in [-0.39, 0.29) is 23.6 Å². The third kappa shape index (κ3) is 4.51. The Balaban J connectivity index is 1.66. The molecular weight excluding hydrogens is 363 g/mol. The number of carbonyl (C=O) groups is 1. The van der Waals surface area contributed by atoms with Crippen LogP contribution in [0.2, 0.25) is 0 Å². The molecule has 9 heteroatoms. The summed E-state index contributed by atoms with van der Waals surface area (Å²) < 4.78 is 38.5. The Bertz CT molecular complexity index is 710. The summed E-state index contributed by atoms with van der Waals surface area (Å²) in [5, 5.41) is 14.3. The second-order valence-corrected chi connectivity index (χ2v) is 7.21. The summed E-state index contributed by atoms with van der Waals surface area (Å²) in [4.78, 5) is 24.5. The van der Waals surface area contributed by atoms with Crippen molar-refractivity contribution < 1.29 is 22.9 Å². The molecule has 6 nitrogen and oxygen atoms in total. The van der Waals surface area contributed by atoms with Crippen LogP contribution in [-0.2, 0) is 11.0 Å². The molecule has 27 heavy (non-hydrogen) atoms. The van der Waals surface area contributed by atoms with Gasteiger partial charge in [-0.2, -0.15) is 13.2 Å². The molecule has 1 heterocycles. The van der Waals surface area contributed by atoms with Crippen LogP contribution in [0.4, 0.5) is 24.5 Å². The summed E-state index contributed by atoms with van der Waals surface area (Å²) in [6.07, 6.45) is 0.675. The largest absolute Gasteiger partial charge is 0.416 e. The third-order valence-electron chi connectivity index (χ3n) is 5.41. The van der Waals surface area contributed by atoms with Crippen LogP contribution in [0, 0.1) is 16.0 Å². The van der Waals surface area contributed by atoms with Crippen LogP contribution in [0.5, 0.6) is 0 Å². The van der Waals surface area contributed by atoms with Gasteiger partial charge in [-0.25, -0.2) is 0 Å². The number of nitrogens with one attached hydrogen (secondary N) is 1. The van der Waals surface area contributed by atoms with Crippen LogP contribution < -0.4 is 10.2 Å². The quantitative estimate of drug-likeness (QED) is 0.630. The maximum Gasteiger partial charge on any atom is 0.416 e. The number of carbonyl (C=O) groups excluding carboxylic acids is 1. The first-order valence-electron chi connectivity index (χ1n) is 9.16. The van der Waals surface area contributed by atoms with Gasteiger partial charge in [0.1, 0.15) is 5.69 Å². The first kappa shape index (κ1) is 19.4. The molecule has 1 aliphatic carbocycles. The highest BCUT2D eigenvalue weighted by molar-refractivity contribution is 5.79. The zero-order valence-corrected chi connectivity index (χ0v) is 14.8. The summed E-state index contributed by atoms with van der Waals surface area (Å²) in [7, 11) is 0. The Morgan fingerprint density at radius 2 is 1.78 bits per heavy atom. The van der Waals surface area contributed by atoms with E-state index in [0.717, 1.165) is 37.8 Å². The molecule has 0 spiro atoms. The van der Waals surface area contributed by atoms with Crippen molar-refractivity contribution in [3.8, 4) is 0 Å². The zero-order valence-electron chi connectivity index (χ0n) is 14.8. The number of alkyl halides is 3. The Labute approximate surface area is 154 Å². The fraction of sp³-hybridized carbons (Fsp3) is 0.611. The highest BCUT2D eigenvalue weighted by Crippen LogP contribution is 2.37. The van der Waals surface area contributed by atoms with Gasteiger partial charge < -0.3 is 10.2 Å². The molecule has 148 valence electrons. The predicted octanol–water partition coefficient (Wildman–Crippen LogP) is 3.89. The number of nitro groups is 1. The number of piperidine rings is 1. The monoisotopic (exact) mass is 385 g/mol. The summed E-state index contributed by atoms with van der Waals surface area (Å²) in [5.41, 5.74) is -1.43. The molecule has 1 saturated heterocycles. The van der Waals surface area contributed by atoms with Gasteiger partial charge in [0.2, 0.25) is 5.91 Å². The molecule has 2 fully saturated rings. The highest BCUT2D eigenvalue weighted by Gasteiger charge is 2.35. The van der Waals surface area contributed by atoms with Crippen LogP contribution in [0.1, 0.15) is 44.1 Å². The second kappa shape index (κ2) is 7.74. The van der Waals surface area contributed by atoms with E-state index in [1.165, 1.54) is 0 Å². The fourth-order valence-electron chi connectivity index (χ4n) is 3.89. The van der Waals surface area contributed by atoms with Crippen LogP contribution >= 0.6 is 0 Å². The van der Waals surface area contributed by atoms with Crippen molar-refractivity contribution in [2.45, 2.75) is 50.7 Å². The lowest BCUT2D eigenvalue weighted by molar-refractivity contribution is -0.384. The number of halogens is 3. The van der Waals surface area contributed by atoms with Gasteiger partial charge in [0, 0.05) is 31.1 Å². The van der Waals surface area contributed by atoms with E-state index < -0.39 is 22.4 Å². The molecule has 1 amide bonds. The predicted molar refractivity (Wildman–Crippen MR) is 93.4 cm³/mol. The van der Waals surface area contributed by atoms with Crippen LogP contribution in [0.15, 0.2) is 18.2 Å². The van der Waals surface area contributed by atoms with Crippen molar-refractivity contribution in [2.24, 2.45) is 5.92 Å². The Hall–Kier alpha value is -2.32. The summed E-state index contributed by atoms with van der Waals surface area (Å²) in [5.74, 6) is -0.140. The lowest BCUT2D eigenvalue weighted by atomic mass is 9.94. The van der Waals surface area contributed by atoms with Crippen molar-refractivity contribution in [2.75, 3.05) is 18.0 Å². The number of rotatable bonds is 4. The van der Waals surface area contributed by atoms with Gasteiger partial charge >= 0.3 is 6.18 Å². The fourth-order valence-corrected chi connectivity index (χ4v) is 3.89. The summed E-state index contributed by atoms with van der Waals surface area (Å²) in [6, 6.07) is 2.83. The molecule has 0 atom stereocenters. The van der Waals surface area contributed by atoms with Gasteiger partial charge in [0.15, 0.2) is 0 Å². The van der Waals surface area contributed by atoms with E-state index in [4.69, 9.17) is 0 Å². The van der Waals surface area contributed by atoms with Gasteiger partial charge in [0.25, 0.3) is 5.69 Å². The summed E-state index contributed by atoms with van der Waals surface area (Å²) >= 11 is 0. The Morgan fingerprint density at radius 3 is 2.33 bits per heavy atom. The van der Waals surface area contributed by atoms with Crippen molar-refractivity contribution in [3.63, 3.8) is 0 Å². The lowest BCUT2D eigenvalue weighted by Gasteiger charge is -2.33. The maximum absolute atomic E-state index is 12.8. The van der Waals surface area contributed by atoms with Crippen LogP contribution in [0.3, 0.4) is 0 Å². The number of benzene rings is 1. The normalized spacial score (nSPS) is 19.3. The smallest absolute Gasteiger partial charge is 0.366 e. The molecule has 0 radical (unpaired) electrons. The van der Waals surface area contributed by atoms with Crippen molar-refractivity contribution >= 4 is 17.3 Å². The minimum absolute atomic E-state index is 0.0171. The summed E-state index contributed by atoms with van der Waals surface area (Å²) in [6.45, 7) is 0.796. The number of hydrogen-bond acceptors (Lipinski definition) is 4. The number of nitro benzene ring substituents is 1. The van der Waals surface area contributed by atoms with E-state index in [2.05, 4.69) is 5.32 Å². The molecule has 1 aliphatic heterocycles. The second-order valence-electron chi connectivity index (χ2n) is 7.21. The molecule has 1 saturated carbocycles. The molecule has 1 N–H and O–H groups in total. The van der Waals surface area contributed by atoms with E-state index in [1.54, 1.807) is 4.90 Å². The van der Waals surface area contributed by atoms with Gasteiger partial charge in [-0.15, -0.1) is 0 Å². The third-order valence-corrected chi connectivity index (χ3v) is 5.41. The Kier molecular flexibility index (Phi) is 5.57. The number of nitrogens with zero attached hydrogens (tertiary/aromatic N) is 2. The van der Waals surface area contributed by atoms with Gasteiger partial charge in [0.05, 0.1) is 10.5 Å². The van der Waals surface area contributed by atoms with E-state index >= 15 is 0 Å². The molecule has 0 bridgehead atoms. The molecular formula is C18H22F3N3O3. The maximum atomic E-state index is 12.8. The number of anilines is 1. The molecule has 3 rings (SSSR count). The topological polar surface area (TPSA) is 75.5 Å². The standard InChI is InChI=1S/C18H22F3N3O3/c19-18(20,21)13-5-6-15(16(11-13)24(26)27)23-9-7-12(8-10-23)17(25)22-14-3-1-2-4-14/h5-6,11-12,14H,1-4,7-10H2,(H,22,25). The van der Waals surface area contributed by atoms with Crippen LogP contribution in [-0.4, -0.2) is 30.0 Å². The average molecular weight is 385 g/mol. The van der Waals surface area contributed by atoms with Gasteiger partial charge in [-0.3, -0.25) is 14.9 Å². The van der Waals surface area contributed by atoms with Gasteiger partial charge in [-0.1, -0.05) is 12.8 Å². The van der Waals surface area contributed by atoms with Crippen molar-refractivity contribution in [1.82, 2.24) is 5.32 Å². The van der Waals surface area contributed by atoms with E-state index in [9.17, 15) is 28.1 Å². The molecule has 1 aromatic rings. The minimum Gasteiger partial charge on any atom is -0.366 e. The number of hydrogen-bond donors (Lipinski definition) is 1. The Morgan fingerprint density at radius 1 is 1.15 bits per heavy atom.